The first-order valence-corrected chi connectivity index (χ1v) is 8.76. The molecule has 0 spiro atoms. The van der Waals surface area contributed by atoms with Crippen LogP contribution in [0.1, 0.15) is 6.92 Å². The minimum atomic E-state index is -0.752. The van der Waals surface area contributed by atoms with Gasteiger partial charge in [-0.05, 0) is 53.3 Å². The average molecular weight is 439 g/mol. The van der Waals surface area contributed by atoms with Crippen LogP contribution < -0.4 is 16.0 Å². The molecule has 0 aliphatic rings. The van der Waals surface area contributed by atoms with Crippen molar-refractivity contribution in [2.24, 2.45) is 0 Å². The lowest BCUT2D eigenvalue weighted by Crippen LogP contribution is -2.28. The number of rotatable bonds is 4. The monoisotopic (exact) mass is 438 g/mol. The summed E-state index contributed by atoms with van der Waals surface area (Å²) in [5, 5.41) is 9.12. The summed E-state index contributed by atoms with van der Waals surface area (Å²) in [5.74, 6) is -0.664. The van der Waals surface area contributed by atoms with Crippen molar-refractivity contribution in [1.29, 1.82) is 0 Å². The third kappa shape index (κ3) is 4.20. The molecule has 3 N–H and O–H groups in total. The molecule has 2 aromatic heterocycles. The molecule has 1 aromatic carbocycles. The smallest absolute Gasteiger partial charge is 0.182 e. The fourth-order valence-electron chi connectivity index (χ4n) is 2.14. The fraction of sp³-hybridized carbons (Fsp3) is 0.125. The lowest BCUT2D eigenvalue weighted by Gasteiger charge is -2.10. The summed E-state index contributed by atoms with van der Waals surface area (Å²) in [6.45, 7) is 2.61. The molecule has 0 aliphatic carbocycles. The maximum atomic E-state index is 14.0. The Morgan fingerprint density at radius 2 is 1.96 bits per heavy atom. The molecule has 0 saturated heterocycles. The molecule has 0 fully saturated rings. The van der Waals surface area contributed by atoms with Crippen LogP contribution in [0.2, 0.25) is 0 Å². The van der Waals surface area contributed by atoms with E-state index in [0.717, 1.165) is 12.1 Å². The largest absolute Gasteiger partial charge is 0.363 e. The van der Waals surface area contributed by atoms with Gasteiger partial charge in [-0.2, -0.15) is 0 Å². The number of hydrogen-bond acceptors (Lipinski definition) is 5. The number of anilines is 3. The Labute approximate surface area is 161 Å². The highest BCUT2D eigenvalue weighted by atomic mass is 79.9. The van der Waals surface area contributed by atoms with Gasteiger partial charge in [0.05, 0.1) is 11.9 Å². The zero-order valence-electron chi connectivity index (χ0n) is 13.5. The normalized spacial score (nSPS) is 10.6. The molecule has 0 radical (unpaired) electrons. The lowest BCUT2D eigenvalue weighted by molar-refractivity contribution is 0.584. The van der Waals surface area contributed by atoms with Crippen LogP contribution in [0.25, 0.3) is 11.2 Å². The summed E-state index contributed by atoms with van der Waals surface area (Å²) < 4.78 is 27.4. The quantitative estimate of drug-likeness (QED) is 0.529. The third-order valence-corrected chi connectivity index (χ3v) is 4.12. The van der Waals surface area contributed by atoms with Gasteiger partial charge in [0.1, 0.15) is 17.2 Å². The number of benzene rings is 1. The standard InChI is InChI=1S/C16H13BrF2N6S/c1-2-20-16(26)25-12-4-3-11-15(23-12)24-13(7-21-11)22-14-9(17)5-8(18)6-10(14)19/h3-7H,2H2,1H3,(H3,20,22,23,24,25,26). The molecule has 6 nitrogen and oxygen atoms in total. The Morgan fingerprint density at radius 3 is 2.69 bits per heavy atom. The highest BCUT2D eigenvalue weighted by Crippen LogP contribution is 2.29. The number of nitrogens with one attached hydrogen (secondary N) is 3. The molecule has 26 heavy (non-hydrogen) atoms. The summed E-state index contributed by atoms with van der Waals surface area (Å²) >= 11 is 8.24. The Balaban J connectivity index is 1.89. The minimum Gasteiger partial charge on any atom is -0.363 e. The van der Waals surface area contributed by atoms with Gasteiger partial charge in [0.25, 0.3) is 0 Å². The number of fused-ring (bicyclic) bond motifs is 1. The number of aromatic nitrogens is 3. The number of nitrogens with zero attached hydrogens (tertiary/aromatic N) is 3. The molecular formula is C16H13BrF2N6S. The molecule has 0 atom stereocenters. The van der Waals surface area contributed by atoms with Crippen LogP contribution in [0.15, 0.2) is 34.9 Å². The molecule has 2 heterocycles. The van der Waals surface area contributed by atoms with E-state index in [-0.39, 0.29) is 16.0 Å². The van der Waals surface area contributed by atoms with Gasteiger partial charge >= 0.3 is 0 Å². The molecule has 0 amide bonds. The van der Waals surface area contributed by atoms with E-state index in [1.165, 1.54) is 6.20 Å². The van der Waals surface area contributed by atoms with Crippen molar-refractivity contribution >= 4 is 61.7 Å². The number of thiocarbonyl (C=S) groups is 1. The van der Waals surface area contributed by atoms with E-state index in [0.29, 0.717) is 28.6 Å². The van der Waals surface area contributed by atoms with E-state index in [2.05, 4.69) is 46.8 Å². The van der Waals surface area contributed by atoms with E-state index in [4.69, 9.17) is 12.2 Å². The molecule has 3 rings (SSSR count). The minimum absolute atomic E-state index is 0.0580. The van der Waals surface area contributed by atoms with Gasteiger partial charge in [0, 0.05) is 17.1 Å². The first kappa shape index (κ1) is 18.3. The Morgan fingerprint density at radius 1 is 1.19 bits per heavy atom. The topological polar surface area (TPSA) is 74.8 Å². The maximum absolute atomic E-state index is 14.0. The molecule has 0 saturated carbocycles. The zero-order valence-corrected chi connectivity index (χ0v) is 15.9. The van der Waals surface area contributed by atoms with Crippen molar-refractivity contribution in [2.45, 2.75) is 6.92 Å². The molecule has 3 aromatic rings. The van der Waals surface area contributed by atoms with Crippen molar-refractivity contribution in [3.05, 3.63) is 46.6 Å². The molecule has 10 heteroatoms. The average Bonchev–Trinajstić information content (AvgIpc) is 2.58. The van der Waals surface area contributed by atoms with Crippen molar-refractivity contribution in [2.75, 3.05) is 17.2 Å². The number of halogens is 3. The second-order valence-corrected chi connectivity index (χ2v) is 6.41. The van der Waals surface area contributed by atoms with Crippen LogP contribution in [0.5, 0.6) is 0 Å². The second kappa shape index (κ2) is 7.83. The number of pyridine rings is 1. The first-order valence-electron chi connectivity index (χ1n) is 7.56. The SMILES string of the molecule is CCNC(=S)Nc1ccc2ncc(Nc3c(F)cc(F)cc3Br)nc2n1. The molecule has 0 unspecified atom stereocenters. The van der Waals surface area contributed by atoms with Gasteiger partial charge in [-0.3, -0.25) is 0 Å². The number of hydrogen-bond donors (Lipinski definition) is 3. The van der Waals surface area contributed by atoms with E-state index in [1.54, 1.807) is 12.1 Å². The summed E-state index contributed by atoms with van der Waals surface area (Å²) in [5.41, 5.74) is 0.967. The van der Waals surface area contributed by atoms with Crippen molar-refractivity contribution in [3.8, 4) is 0 Å². The molecular weight excluding hydrogens is 426 g/mol. The highest BCUT2D eigenvalue weighted by molar-refractivity contribution is 9.10. The van der Waals surface area contributed by atoms with Gasteiger partial charge in [-0.15, -0.1) is 0 Å². The Hall–Kier alpha value is -2.46. The maximum Gasteiger partial charge on any atom is 0.182 e. The first-order chi connectivity index (χ1) is 12.5. The van der Waals surface area contributed by atoms with E-state index < -0.39 is 11.6 Å². The fourth-order valence-corrected chi connectivity index (χ4v) is 2.89. The summed E-state index contributed by atoms with van der Waals surface area (Å²) in [7, 11) is 0. The third-order valence-electron chi connectivity index (χ3n) is 3.25. The van der Waals surface area contributed by atoms with Crippen LogP contribution in [0.4, 0.5) is 26.1 Å². The zero-order chi connectivity index (χ0) is 18.7. The Bertz CT molecular complexity index is 961. The van der Waals surface area contributed by atoms with Gasteiger partial charge in [0.2, 0.25) is 0 Å². The van der Waals surface area contributed by atoms with E-state index in [9.17, 15) is 8.78 Å². The summed E-state index contributed by atoms with van der Waals surface area (Å²) in [6, 6.07) is 5.40. The lowest BCUT2D eigenvalue weighted by atomic mass is 10.3. The van der Waals surface area contributed by atoms with Crippen LogP contribution >= 0.6 is 28.1 Å². The predicted molar refractivity (Wildman–Crippen MR) is 105 cm³/mol. The second-order valence-electron chi connectivity index (χ2n) is 5.15. The van der Waals surface area contributed by atoms with Gasteiger partial charge in [-0.1, -0.05) is 0 Å². The molecule has 0 aliphatic heterocycles. The van der Waals surface area contributed by atoms with Crippen LogP contribution in [-0.2, 0) is 0 Å². The van der Waals surface area contributed by atoms with E-state index in [1.807, 2.05) is 6.92 Å². The molecule has 0 bridgehead atoms. The van der Waals surface area contributed by atoms with Crippen LogP contribution in [0, 0.1) is 11.6 Å². The molecule has 134 valence electrons. The highest BCUT2D eigenvalue weighted by Gasteiger charge is 2.11. The van der Waals surface area contributed by atoms with Crippen LogP contribution in [0.3, 0.4) is 0 Å². The summed E-state index contributed by atoms with van der Waals surface area (Å²) in [4.78, 5) is 12.9. The predicted octanol–water partition coefficient (Wildman–Crippen LogP) is 4.12. The van der Waals surface area contributed by atoms with Crippen molar-refractivity contribution in [1.82, 2.24) is 20.3 Å². The van der Waals surface area contributed by atoms with Crippen LogP contribution in [-0.4, -0.2) is 26.6 Å². The Kier molecular flexibility index (Phi) is 5.52. The van der Waals surface area contributed by atoms with Crippen molar-refractivity contribution < 1.29 is 8.78 Å². The van der Waals surface area contributed by atoms with Gasteiger partial charge in [-0.25, -0.2) is 23.7 Å². The van der Waals surface area contributed by atoms with Gasteiger partial charge < -0.3 is 16.0 Å². The van der Waals surface area contributed by atoms with Crippen molar-refractivity contribution in [3.63, 3.8) is 0 Å². The van der Waals surface area contributed by atoms with E-state index >= 15 is 0 Å². The summed E-state index contributed by atoms with van der Waals surface area (Å²) in [6.07, 6.45) is 1.44. The van der Waals surface area contributed by atoms with Gasteiger partial charge in [0.15, 0.2) is 22.4 Å².